The van der Waals surface area contributed by atoms with Crippen LogP contribution in [0.4, 0.5) is 0 Å². The van der Waals surface area contributed by atoms with Crippen LogP contribution in [-0.4, -0.2) is 61.6 Å². The Labute approximate surface area is 144 Å². The van der Waals surface area contributed by atoms with Crippen molar-refractivity contribution in [3.63, 3.8) is 0 Å². The number of morpholine rings is 1. The number of ether oxygens (including phenoxy) is 2. The minimum atomic E-state index is -0.870. The molecule has 1 heterocycles. The van der Waals surface area contributed by atoms with E-state index in [1.807, 2.05) is 0 Å². The second-order valence-corrected chi connectivity index (χ2v) is 5.74. The molecule has 130 valence electrons. The fourth-order valence-electron chi connectivity index (χ4n) is 2.10. The summed E-state index contributed by atoms with van der Waals surface area (Å²) in [6, 6.07) is 5.40. The van der Waals surface area contributed by atoms with Gasteiger partial charge in [-0.3, -0.25) is 9.59 Å². The SMILES string of the molecule is C[C@H](NC(=O)c1ccc(Cl)cc1)C(=O)OCC(=O)N1CCOCC1. The van der Waals surface area contributed by atoms with Crippen LogP contribution < -0.4 is 5.32 Å². The fraction of sp³-hybridized carbons (Fsp3) is 0.438. The number of esters is 1. The highest BCUT2D eigenvalue weighted by Gasteiger charge is 2.22. The van der Waals surface area contributed by atoms with E-state index >= 15 is 0 Å². The summed E-state index contributed by atoms with van der Waals surface area (Å²) in [4.78, 5) is 37.4. The Hall–Kier alpha value is -2.12. The molecule has 1 aliphatic heterocycles. The van der Waals surface area contributed by atoms with Crippen molar-refractivity contribution in [2.75, 3.05) is 32.9 Å². The van der Waals surface area contributed by atoms with Crippen LogP contribution in [0.2, 0.25) is 5.02 Å². The Kier molecular flexibility index (Phi) is 6.57. The van der Waals surface area contributed by atoms with Gasteiger partial charge in [0, 0.05) is 23.7 Å². The lowest BCUT2D eigenvalue weighted by Gasteiger charge is -2.26. The molecule has 8 heteroatoms. The van der Waals surface area contributed by atoms with Gasteiger partial charge in [-0.05, 0) is 31.2 Å². The lowest BCUT2D eigenvalue weighted by molar-refractivity contribution is -0.154. The number of nitrogens with one attached hydrogen (secondary N) is 1. The molecule has 0 unspecified atom stereocenters. The average Bonchev–Trinajstić information content (AvgIpc) is 2.60. The summed E-state index contributed by atoms with van der Waals surface area (Å²) in [5.74, 6) is -1.36. The predicted octanol–water partition coefficient (Wildman–Crippen LogP) is 0.860. The second kappa shape index (κ2) is 8.65. The molecule has 1 N–H and O–H groups in total. The van der Waals surface area contributed by atoms with Crippen LogP contribution in [-0.2, 0) is 19.1 Å². The molecule has 2 rings (SSSR count). The van der Waals surface area contributed by atoms with Crippen molar-refractivity contribution in [1.82, 2.24) is 10.2 Å². The minimum Gasteiger partial charge on any atom is -0.454 e. The van der Waals surface area contributed by atoms with Crippen LogP contribution in [0.5, 0.6) is 0 Å². The molecule has 0 saturated carbocycles. The van der Waals surface area contributed by atoms with Crippen LogP contribution >= 0.6 is 11.6 Å². The molecule has 0 aromatic heterocycles. The van der Waals surface area contributed by atoms with Crippen molar-refractivity contribution >= 4 is 29.4 Å². The van der Waals surface area contributed by atoms with Gasteiger partial charge in [0.1, 0.15) is 6.04 Å². The van der Waals surface area contributed by atoms with E-state index < -0.39 is 17.9 Å². The largest absolute Gasteiger partial charge is 0.454 e. The zero-order chi connectivity index (χ0) is 17.5. The zero-order valence-corrected chi connectivity index (χ0v) is 14.0. The van der Waals surface area contributed by atoms with E-state index in [0.717, 1.165) is 0 Å². The number of halogens is 1. The molecule has 1 aromatic carbocycles. The maximum absolute atomic E-state index is 12.0. The van der Waals surface area contributed by atoms with Crippen molar-refractivity contribution in [3.05, 3.63) is 34.9 Å². The van der Waals surface area contributed by atoms with Gasteiger partial charge in [0.2, 0.25) is 0 Å². The third kappa shape index (κ3) is 5.21. The van der Waals surface area contributed by atoms with Crippen LogP contribution in [0.3, 0.4) is 0 Å². The van der Waals surface area contributed by atoms with Crippen LogP contribution in [0.25, 0.3) is 0 Å². The summed E-state index contributed by atoms with van der Waals surface area (Å²) in [6.45, 7) is 3.08. The van der Waals surface area contributed by atoms with Crippen molar-refractivity contribution in [2.45, 2.75) is 13.0 Å². The van der Waals surface area contributed by atoms with Gasteiger partial charge < -0.3 is 19.7 Å². The minimum absolute atomic E-state index is 0.275. The second-order valence-electron chi connectivity index (χ2n) is 5.30. The van der Waals surface area contributed by atoms with E-state index in [0.29, 0.717) is 36.9 Å². The number of hydrogen-bond donors (Lipinski definition) is 1. The molecule has 1 aliphatic rings. The number of carbonyl (C=O) groups is 3. The maximum atomic E-state index is 12.0. The smallest absolute Gasteiger partial charge is 0.328 e. The third-order valence-corrected chi connectivity index (χ3v) is 3.76. The first-order valence-corrected chi connectivity index (χ1v) is 7.94. The molecule has 24 heavy (non-hydrogen) atoms. The summed E-state index contributed by atoms with van der Waals surface area (Å²) in [5, 5.41) is 3.03. The number of nitrogens with zero attached hydrogens (tertiary/aromatic N) is 1. The number of carbonyl (C=O) groups excluding carboxylic acids is 3. The third-order valence-electron chi connectivity index (χ3n) is 3.51. The van der Waals surface area contributed by atoms with E-state index in [9.17, 15) is 14.4 Å². The van der Waals surface area contributed by atoms with Crippen molar-refractivity contribution in [3.8, 4) is 0 Å². The van der Waals surface area contributed by atoms with Gasteiger partial charge in [0.15, 0.2) is 6.61 Å². The van der Waals surface area contributed by atoms with Crippen molar-refractivity contribution in [1.29, 1.82) is 0 Å². The van der Waals surface area contributed by atoms with Crippen LogP contribution in [0.15, 0.2) is 24.3 Å². The average molecular weight is 355 g/mol. The summed E-state index contributed by atoms with van der Waals surface area (Å²) in [5.41, 5.74) is 0.378. The highest BCUT2D eigenvalue weighted by atomic mass is 35.5. The topological polar surface area (TPSA) is 84.9 Å². The molecule has 0 aliphatic carbocycles. The van der Waals surface area contributed by atoms with Gasteiger partial charge in [0.05, 0.1) is 13.2 Å². The molecule has 0 bridgehead atoms. The van der Waals surface area contributed by atoms with E-state index in [4.69, 9.17) is 21.1 Å². The summed E-state index contributed by atoms with van der Waals surface area (Å²) in [6.07, 6.45) is 0. The van der Waals surface area contributed by atoms with Gasteiger partial charge >= 0.3 is 5.97 Å². The Morgan fingerprint density at radius 3 is 2.50 bits per heavy atom. The lowest BCUT2D eigenvalue weighted by atomic mass is 10.2. The molecule has 7 nitrogen and oxygen atoms in total. The standard InChI is InChI=1S/C16H19ClN2O5/c1-11(18-15(21)12-2-4-13(17)5-3-12)16(22)24-10-14(20)19-6-8-23-9-7-19/h2-5,11H,6-10H2,1H3,(H,18,21)/t11-/m0/s1. The lowest BCUT2D eigenvalue weighted by Crippen LogP contribution is -2.44. The zero-order valence-electron chi connectivity index (χ0n) is 13.3. The van der Waals surface area contributed by atoms with E-state index in [2.05, 4.69) is 5.32 Å². The Morgan fingerprint density at radius 2 is 1.88 bits per heavy atom. The Bertz CT molecular complexity index is 599. The molecule has 1 fully saturated rings. The molecular weight excluding hydrogens is 336 g/mol. The molecule has 1 saturated heterocycles. The van der Waals surface area contributed by atoms with Gasteiger partial charge in [-0.2, -0.15) is 0 Å². The highest BCUT2D eigenvalue weighted by Crippen LogP contribution is 2.09. The number of benzene rings is 1. The number of hydrogen-bond acceptors (Lipinski definition) is 5. The maximum Gasteiger partial charge on any atom is 0.328 e. The quantitative estimate of drug-likeness (QED) is 0.793. The van der Waals surface area contributed by atoms with Crippen molar-refractivity contribution < 1.29 is 23.9 Å². The molecule has 1 atom stereocenters. The first kappa shape index (κ1) is 18.2. The first-order valence-electron chi connectivity index (χ1n) is 7.56. The van der Waals surface area contributed by atoms with Crippen LogP contribution in [0, 0.1) is 0 Å². The van der Waals surface area contributed by atoms with E-state index in [1.165, 1.54) is 6.92 Å². The monoisotopic (exact) mass is 354 g/mol. The highest BCUT2D eigenvalue weighted by molar-refractivity contribution is 6.30. The summed E-state index contributed by atoms with van der Waals surface area (Å²) in [7, 11) is 0. The van der Waals surface area contributed by atoms with Crippen molar-refractivity contribution in [2.24, 2.45) is 0 Å². The van der Waals surface area contributed by atoms with E-state index in [-0.39, 0.29) is 12.5 Å². The molecular formula is C16H19ClN2O5. The van der Waals surface area contributed by atoms with Gasteiger partial charge in [-0.1, -0.05) is 11.6 Å². The number of amides is 2. The Morgan fingerprint density at radius 1 is 1.25 bits per heavy atom. The summed E-state index contributed by atoms with van der Waals surface area (Å²) >= 11 is 5.76. The fourth-order valence-corrected chi connectivity index (χ4v) is 2.23. The van der Waals surface area contributed by atoms with Crippen LogP contribution in [0.1, 0.15) is 17.3 Å². The molecule has 1 aromatic rings. The Balaban J connectivity index is 1.78. The van der Waals surface area contributed by atoms with Gasteiger partial charge in [-0.25, -0.2) is 4.79 Å². The molecule has 0 spiro atoms. The first-order chi connectivity index (χ1) is 11.5. The van der Waals surface area contributed by atoms with E-state index in [1.54, 1.807) is 29.2 Å². The number of rotatable bonds is 5. The van der Waals surface area contributed by atoms with Gasteiger partial charge in [0.25, 0.3) is 11.8 Å². The summed E-state index contributed by atoms with van der Waals surface area (Å²) < 4.78 is 10.1. The molecule has 2 amide bonds. The normalized spacial score (nSPS) is 15.5. The molecule has 0 radical (unpaired) electrons. The van der Waals surface area contributed by atoms with Gasteiger partial charge in [-0.15, -0.1) is 0 Å². The predicted molar refractivity (Wildman–Crippen MR) is 86.7 cm³/mol.